The highest BCUT2D eigenvalue weighted by Crippen LogP contribution is 2.27. The van der Waals surface area contributed by atoms with Crippen molar-refractivity contribution in [1.29, 1.82) is 0 Å². The number of methoxy groups -OCH3 is 1. The molecule has 0 aliphatic heterocycles. The molecule has 164 valence electrons. The molecule has 33 heavy (non-hydrogen) atoms. The molecule has 0 aliphatic rings. The average Bonchev–Trinajstić information content (AvgIpc) is 3.49. The van der Waals surface area contributed by atoms with Crippen LogP contribution in [0, 0.1) is 6.92 Å². The van der Waals surface area contributed by atoms with Gasteiger partial charge in [0, 0.05) is 11.1 Å². The van der Waals surface area contributed by atoms with Crippen LogP contribution in [0.2, 0.25) is 0 Å². The number of ether oxygens (including phenoxy) is 1. The van der Waals surface area contributed by atoms with E-state index in [0.717, 1.165) is 16.9 Å². The maximum atomic E-state index is 13.1. The fourth-order valence-electron chi connectivity index (χ4n) is 3.53. The molecule has 9 nitrogen and oxygen atoms in total. The predicted molar refractivity (Wildman–Crippen MR) is 122 cm³/mol. The highest BCUT2D eigenvalue weighted by atomic mass is 16.5. The molecule has 3 aromatic heterocycles. The van der Waals surface area contributed by atoms with Crippen molar-refractivity contribution in [3.05, 3.63) is 77.7 Å². The van der Waals surface area contributed by atoms with Gasteiger partial charge < -0.3 is 14.6 Å². The van der Waals surface area contributed by atoms with E-state index in [4.69, 9.17) is 9.26 Å². The molecule has 0 radical (unpaired) electrons. The lowest BCUT2D eigenvalue weighted by Crippen LogP contribution is -2.24. The molecule has 2 aromatic carbocycles. The number of H-pyrrole nitrogens is 1. The van der Waals surface area contributed by atoms with E-state index in [1.807, 2.05) is 54.6 Å². The molecule has 5 rings (SSSR count). The van der Waals surface area contributed by atoms with E-state index >= 15 is 0 Å². The van der Waals surface area contributed by atoms with Crippen molar-refractivity contribution in [3.63, 3.8) is 0 Å². The first-order chi connectivity index (χ1) is 16.1. The Morgan fingerprint density at radius 2 is 1.85 bits per heavy atom. The van der Waals surface area contributed by atoms with Crippen LogP contribution in [-0.4, -0.2) is 38.3 Å². The number of carbonyl (C=O) groups is 1. The fourth-order valence-corrected chi connectivity index (χ4v) is 3.53. The van der Waals surface area contributed by atoms with Crippen LogP contribution in [0.4, 0.5) is 0 Å². The Labute approximate surface area is 188 Å². The number of aryl methyl sites for hydroxylation is 1. The lowest BCUT2D eigenvalue weighted by atomic mass is 10.1. The molecular formula is C24H20N6O3. The van der Waals surface area contributed by atoms with Gasteiger partial charge in [-0.1, -0.05) is 35.5 Å². The molecule has 0 saturated carbocycles. The van der Waals surface area contributed by atoms with E-state index in [-0.39, 0.29) is 12.5 Å². The van der Waals surface area contributed by atoms with Gasteiger partial charge in [-0.2, -0.15) is 5.10 Å². The van der Waals surface area contributed by atoms with Gasteiger partial charge in [-0.25, -0.2) is 9.97 Å². The van der Waals surface area contributed by atoms with Gasteiger partial charge in [0.2, 0.25) is 0 Å². The largest absolute Gasteiger partial charge is 0.497 e. The zero-order valence-corrected chi connectivity index (χ0v) is 18.0. The summed E-state index contributed by atoms with van der Waals surface area (Å²) in [5.41, 5.74) is 3.71. The van der Waals surface area contributed by atoms with Crippen molar-refractivity contribution in [3.8, 4) is 28.4 Å². The normalized spacial score (nSPS) is 11.0. The fraction of sp³-hybridized carbons (Fsp3) is 0.125. The lowest BCUT2D eigenvalue weighted by Gasteiger charge is -2.07. The zero-order valence-electron chi connectivity index (χ0n) is 18.0. The summed E-state index contributed by atoms with van der Waals surface area (Å²) >= 11 is 0. The minimum Gasteiger partial charge on any atom is -0.497 e. The second-order valence-electron chi connectivity index (χ2n) is 7.39. The molecule has 9 heteroatoms. The Morgan fingerprint density at radius 1 is 1.06 bits per heavy atom. The lowest BCUT2D eigenvalue weighted by molar-refractivity contribution is 0.0951. The van der Waals surface area contributed by atoms with Gasteiger partial charge in [-0.3, -0.25) is 9.89 Å². The SMILES string of the molecule is COc1ccc(-c2n[nH]c(CNC(=O)c3cc(-c4ccccc4)nc4onc(C)c34)n2)cc1. The number of rotatable bonds is 6. The number of nitrogens with zero attached hydrogens (tertiary/aromatic N) is 4. The van der Waals surface area contributed by atoms with E-state index < -0.39 is 0 Å². The number of aromatic nitrogens is 5. The van der Waals surface area contributed by atoms with Gasteiger partial charge in [0.15, 0.2) is 5.82 Å². The smallest absolute Gasteiger partial charge is 0.259 e. The van der Waals surface area contributed by atoms with Crippen LogP contribution in [0.15, 0.2) is 65.2 Å². The molecule has 0 spiro atoms. The van der Waals surface area contributed by atoms with Crippen LogP contribution < -0.4 is 10.1 Å². The summed E-state index contributed by atoms with van der Waals surface area (Å²) in [5, 5.41) is 14.6. The van der Waals surface area contributed by atoms with E-state index in [1.54, 1.807) is 20.1 Å². The van der Waals surface area contributed by atoms with Crippen LogP contribution in [0.5, 0.6) is 5.75 Å². The molecule has 3 heterocycles. The van der Waals surface area contributed by atoms with Crippen molar-refractivity contribution in [2.45, 2.75) is 13.5 Å². The summed E-state index contributed by atoms with van der Waals surface area (Å²) in [4.78, 5) is 22.1. The summed E-state index contributed by atoms with van der Waals surface area (Å²) in [6.07, 6.45) is 0. The number of pyridine rings is 1. The molecular weight excluding hydrogens is 420 g/mol. The maximum Gasteiger partial charge on any atom is 0.259 e. The molecule has 5 aromatic rings. The number of hydrogen-bond donors (Lipinski definition) is 2. The van der Waals surface area contributed by atoms with Gasteiger partial charge in [0.1, 0.15) is 11.6 Å². The quantitative estimate of drug-likeness (QED) is 0.411. The van der Waals surface area contributed by atoms with Crippen molar-refractivity contribution in [2.75, 3.05) is 7.11 Å². The molecule has 0 saturated heterocycles. The molecule has 0 unspecified atom stereocenters. The van der Waals surface area contributed by atoms with Crippen molar-refractivity contribution in [2.24, 2.45) is 0 Å². The Hall–Kier alpha value is -4.53. The van der Waals surface area contributed by atoms with Gasteiger partial charge in [-0.05, 0) is 37.3 Å². The number of nitrogens with one attached hydrogen (secondary N) is 2. The van der Waals surface area contributed by atoms with Crippen molar-refractivity contribution < 1.29 is 14.1 Å². The third-order valence-electron chi connectivity index (χ3n) is 5.23. The topological polar surface area (TPSA) is 119 Å². The summed E-state index contributed by atoms with van der Waals surface area (Å²) in [6, 6.07) is 18.8. The average molecular weight is 440 g/mol. The number of fused-ring (bicyclic) bond motifs is 1. The summed E-state index contributed by atoms with van der Waals surface area (Å²) in [6.45, 7) is 1.96. The number of benzene rings is 2. The number of carbonyl (C=O) groups excluding carboxylic acids is 1. The van der Waals surface area contributed by atoms with Crippen molar-refractivity contribution in [1.82, 2.24) is 30.6 Å². The Kier molecular flexibility index (Phi) is 5.27. The Bertz CT molecular complexity index is 1420. The first-order valence-corrected chi connectivity index (χ1v) is 10.3. The second kappa shape index (κ2) is 8.54. The van der Waals surface area contributed by atoms with Gasteiger partial charge >= 0.3 is 0 Å². The minimum absolute atomic E-state index is 0.177. The van der Waals surface area contributed by atoms with E-state index in [0.29, 0.717) is 39.7 Å². The molecule has 1 amide bonds. The van der Waals surface area contributed by atoms with Crippen molar-refractivity contribution >= 4 is 17.0 Å². The standard InChI is InChI=1S/C24H20N6O3/c1-14-21-18(12-19(26-24(21)33-30-14)15-6-4-3-5-7-15)23(31)25-13-20-27-22(29-28-20)16-8-10-17(32-2)11-9-16/h3-12H,13H2,1-2H3,(H,25,31)(H,27,28,29). The minimum atomic E-state index is -0.284. The highest BCUT2D eigenvalue weighted by molar-refractivity contribution is 6.06. The van der Waals surface area contributed by atoms with E-state index in [2.05, 4.69) is 30.6 Å². The van der Waals surface area contributed by atoms with Crippen LogP contribution in [-0.2, 0) is 6.54 Å². The molecule has 0 atom stereocenters. The monoisotopic (exact) mass is 440 g/mol. The van der Waals surface area contributed by atoms with Crippen LogP contribution in [0.1, 0.15) is 21.9 Å². The number of amides is 1. The summed E-state index contributed by atoms with van der Waals surface area (Å²) in [5.74, 6) is 1.54. The van der Waals surface area contributed by atoms with Crippen LogP contribution >= 0.6 is 0 Å². The van der Waals surface area contributed by atoms with Gasteiger partial charge in [0.25, 0.3) is 11.6 Å². The third-order valence-corrected chi connectivity index (χ3v) is 5.23. The first kappa shape index (κ1) is 20.4. The second-order valence-corrected chi connectivity index (χ2v) is 7.39. The molecule has 2 N–H and O–H groups in total. The zero-order chi connectivity index (χ0) is 22.8. The van der Waals surface area contributed by atoms with E-state index in [1.165, 1.54) is 0 Å². The molecule has 0 fully saturated rings. The van der Waals surface area contributed by atoms with E-state index in [9.17, 15) is 4.79 Å². The third kappa shape index (κ3) is 4.03. The number of hydrogen-bond acceptors (Lipinski definition) is 7. The molecule has 0 aliphatic carbocycles. The van der Waals surface area contributed by atoms with Crippen LogP contribution in [0.3, 0.4) is 0 Å². The maximum absolute atomic E-state index is 13.1. The Balaban J connectivity index is 1.38. The predicted octanol–water partition coefficient (Wildman–Crippen LogP) is 3.92. The van der Waals surface area contributed by atoms with Gasteiger partial charge in [0.05, 0.1) is 36.0 Å². The Morgan fingerprint density at radius 3 is 2.61 bits per heavy atom. The first-order valence-electron chi connectivity index (χ1n) is 10.3. The van der Waals surface area contributed by atoms with Gasteiger partial charge in [-0.15, -0.1) is 0 Å². The van der Waals surface area contributed by atoms with Crippen LogP contribution in [0.25, 0.3) is 33.7 Å². The highest BCUT2D eigenvalue weighted by Gasteiger charge is 2.19. The molecule has 0 bridgehead atoms. The number of aromatic amines is 1. The summed E-state index contributed by atoms with van der Waals surface area (Å²) < 4.78 is 10.5. The summed E-state index contributed by atoms with van der Waals surface area (Å²) in [7, 11) is 1.61.